The minimum atomic E-state index is -0.429. The second-order valence-corrected chi connectivity index (χ2v) is 6.33. The number of carbonyl (C=O) groups excluding carboxylic acids is 1. The molecule has 0 saturated carbocycles. The van der Waals surface area contributed by atoms with Crippen LogP contribution >= 0.6 is 0 Å². The molecule has 1 fully saturated rings. The highest BCUT2D eigenvalue weighted by Crippen LogP contribution is 2.32. The van der Waals surface area contributed by atoms with Gasteiger partial charge in [-0.25, -0.2) is 4.79 Å². The summed E-state index contributed by atoms with van der Waals surface area (Å²) in [4.78, 5) is 14.0. The molecule has 3 nitrogen and oxygen atoms in total. The Hall–Kier alpha value is -1.51. The SMILES string of the molecule is C[C@H]1C[C@@H](c2ccccc2)CN1C(=O)OC(C)(C)C. The van der Waals surface area contributed by atoms with Crippen molar-refractivity contribution in [3.05, 3.63) is 35.9 Å². The van der Waals surface area contributed by atoms with Crippen LogP contribution in [-0.4, -0.2) is 29.2 Å². The summed E-state index contributed by atoms with van der Waals surface area (Å²) in [6, 6.07) is 10.6. The first kappa shape index (κ1) is 13.9. The Labute approximate surface area is 115 Å². The zero-order valence-corrected chi connectivity index (χ0v) is 12.2. The highest BCUT2D eigenvalue weighted by atomic mass is 16.6. The van der Waals surface area contributed by atoms with Crippen LogP contribution in [-0.2, 0) is 4.74 Å². The summed E-state index contributed by atoms with van der Waals surface area (Å²) >= 11 is 0. The van der Waals surface area contributed by atoms with Gasteiger partial charge in [0.15, 0.2) is 0 Å². The van der Waals surface area contributed by atoms with Crippen molar-refractivity contribution in [1.29, 1.82) is 0 Å². The lowest BCUT2D eigenvalue weighted by Gasteiger charge is -2.27. The molecule has 0 spiro atoms. The van der Waals surface area contributed by atoms with Crippen molar-refractivity contribution in [2.75, 3.05) is 6.54 Å². The van der Waals surface area contributed by atoms with E-state index in [0.29, 0.717) is 5.92 Å². The van der Waals surface area contributed by atoms with Crippen LogP contribution in [0.4, 0.5) is 4.79 Å². The molecule has 0 radical (unpaired) electrons. The number of nitrogens with zero attached hydrogens (tertiary/aromatic N) is 1. The predicted molar refractivity (Wildman–Crippen MR) is 76.2 cm³/mol. The van der Waals surface area contributed by atoms with Crippen molar-refractivity contribution < 1.29 is 9.53 Å². The number of carbonyl (C=O) groups is 1. The summed E-state index contributed by atoms with van der Waals surface area (Å²) in [7, 11) is 0. The van der Waals surface area contributed by atoms with Gasteiger partial charge in [-0.1, -0.05) is 30.3 Å². The van der Waals surface area contributed by atoms with E-state index >= 15 is 0 Å². The normalized spacial score (nSPS) is 23.5. The topological polar surface area (TPSA) is 29.5 Å². The van der Waals surface area contributed by atoms with Crippen LogP contribution in [0, 0.1) is 0 Å². The minimum absolute atomic E-state index is 0.196. The average molecular weight is 261 g/mol. The van der Waals surface area contributed by atoms with Gasteiger partial charge in [-0.05, 0) is 39.7 Å². The van der Waals surface area contributed by atoms with Gasteiger partial charge in [0, 0.05) is 18.5 Å². The number of amides is 1. The predicted octanol–water partition coefficient (Wildman–Crippen LogP) is 3.80. The van der Waals surface area contributed by atoms with E-state index in [2.05, 4.69) is 31.2 Å². The highest BCUT2D eigenvalue weighted by molar-refractivity contribution is 5.69. The first-order valence-corrected chi connectivity index (χ1v) is 6.91. The molecule has 1 aromatic carbocycles. The van der Waals surface area contributed by atoms with Crippen molar-refractivity contribution in [2.24, 2.45) is 0 Å². The van der Waals surface area contributed by atoms with Crippen molar-refractivity contribution in [2.45, 2.75) is 51.7 Å². The lowest BCUT2D eigenvalue weighted by atomic mass is 9.97. The lowest BCUT2D eigenvalue weighted by molar-refractivity contribution is 0.0237. The summed E-state index contributed by atoms with van der Waals surface area (Å²) in [5.41, 5.74) is 0.877. The fourth-order valence-corrected chi connectivity index (χ4v) is 2.57. The third-order valence-electron chi connectivity index (χ3n) is 3.47. The first-order chi connectivity index (χ1) is 8.87. The van der Waals surface area contributed by atoms with Gasteiger partial charge < -0.3 is 9.64 Å². The summed E-state index contributed by atoms with van der Waals surface area (Å²) in [5.74, 6) is 0.420. The third kappa shape index (κ3) is 3.49. The number of hydrogen-bond donors (Lipinski definition) is 0. The average Bonchev–Trinajstić information content (AvgIpc) is 2.70. The largest absolute Gasteiger partial charge is 0.444 e. The van der Waals surface area contributed by atoms with Gasteiger partial charge >= 0.3 is 6.09 Å². The molecule has 104 valence electrons. The molecule has 1 saturated heterocycles. The molecule has 1 aliphatic heterocycles. The number of rotatable bonds is 1. The second-order valence-electron chi connectivity index (χ2n) is 6.33. The number of hydrogen-bond acceptors (Lipinski definition) is 2. The van der Waals surface area contributed by atoms with E-state index in [4.69, 9.17) is 4.74 Å². The van der Waals surface area contributed by atoms with E-state index < -0.39 is 5.60 Å². The molecule has 2 atom stereocenters. The fourth-order valence-electron chi connectivity index (χ4n) is 2.57. The number of likely N-dealkylation sites (tertiary alicyclic amines) is 1. The maximum absolute atomic E-state index is 12.2. The maximum Gasteiger partial charge on any atom is 0.410 e. The van der Waals surface area contributed by atoms with Crippen molar-refractivity contribution in [3.8, 4) is 0 Å². The molecule has 0 unspecified atom stereocenters. The first-order valence-electron chi connectivity index (χ1n) is 6.91. The molecule has 1 heterocycles. The quantitative estimate of drug-likeness (QED) is 0.769. The molecule has 1 aromatic rings. The molecular weight excluding hydrogens is 238 g/mol. The number of benzene rings is 1. The Bertz CT molecular complexity index is 436. The summed E-state index contributed by atoms with van der Waals surface area (Å²) in [6.07, 6.45) is 0.807. The van der Waals surface area contributed by atoms with Crippen LogP contribution in [0.25, 0.3) is 0 Å². The second kappa shape index (κ2) is 5.24. The smallest absolute Gasteiger partial charge is 0.410 e. The Kier molecular flexibility index (Phi) is 3.83. The van der Waals surface area contributed by atoms with Crippen LogP contribution in [0.1, 0.15) is 45.6 Å². The standard InChI is InChI=1S/C16H23NO2/c1-12-10-14(13-8-6-5-7-9-13)11-17(12)15(18)19-16(2,3)4/h5-9,12,14H,10-11H2,1-4H3/t12-,14+/m0/s1. The van der Waals surface area contributed by atoms with Gasteiger partial charge in [0.2, 0.25) is 0 Å². The monoisotopic (exact) mass is 261 g/mol. The lowest BCUT2D eigenvalue weighted by Crippen LogP contribution is -2.38. The molecular formula is C16H23NO2. The molecule has 3 heteroatoms. The van der Waals surface area contributed by atoms with E-state index in [1.165, 1.54) is 5.56 Å². The molecule has 2 rings (SSSR count). The van der Waals surface area contributed by atoms with Gasteiger partial charge in [-0.2, -0.15) is 0 Å². The van der Waals surface area contributed by atoms with Gasteiger partial charge in [0.1, 0.15) is 5.60 Å². The minimum Gasteiger partial charge on any atom is -0.444 e. The van der Waals surface area contributed by atoms with Gasteiger partial charge in [-0.15, -0.1) is 0 Å². The van der Waals surface area contributed by atoms with E-state index in [9.17, 15) is 4.79 Å². The molecule has 0 aromatic heterocycles. The summed E-state index contributed by atoms with van der Waals surface area (Å²) in [6.45, 7) is 8.55. The van der Waals surface area contributed by atoms with Crippen LogP contribution in [0.15, 0.2) is 30.3 Å². The van der Waals surface area contributed by atoms with Crippen LogP contribution in [0.3, 0.4) is 0 Å². The van der Waals surface area contributed by atoms with Crippen molar-refractivity contribution in [3.63, 3.8) is 0 Å². The fraction of sp³-hybridized carbons (Fsp3) is 0.562. The van der Waals surface area contributed by atoms with Crippen LogP contribution in [0.2, 0.25) is 0 Å². The molecule has 0 aliphatic carbocycles. The molecule has 19 heavy (non-hydrogen) atoms. The van der Waals surface area contributed by atoms with Crippen molar-refractivity contribution >= 4 is 6.09 Å². The molecule has 0 N–H and O–H groups in total. The Morgan fingerprint density at radius 2 is 1.89 bits per heavy atom. The maximum atomic E-state index is 12.2. The van der Waals surface area contributed by atoms with E-state index in [1.54, 1.807) is 0 Å². The van der Waals surface area contributed by atoms with Crippen LogP contribution < -0.4 is 0 Å². The van der Waals surface area contributed by atoms with Gasteiger partial charge in [0.25, 0.3) is 0 Å². The third-order valence-corrected chi connectivity index (χ3v) is 3.47. The molecule has 1 aliphatic rings. The zero-order valence-electron chi connectivity index (χ0n) is 12.2. The van der Waals surface area contributed by atoms with Crippen molar-refractivity contribution in [1.82, 2.24) is 4.90 Å². The summed E-state index contributed by atoms with van der Waals surface area (Å²) in [5, 5.41) is 0. The Balaban J connectivity index is 2.04. The van der Waals surface area contributed by atoms with Gasteiger partial charge in [-0.3, -0.25) is 0 Å². The zero-order chi connectivity index (χ0) is 14.0. The Morgan fingerprint density at radius 3 is 2.47 bits per heavy atom. The van der Waals surface area contributed by atoms with E-state index in [0.717, 1.165) is 13.0 Å². The van der Waals surface area contributed by atoms with Gasteiger partial charge in [0.05, 0.1) is 0 Å². The number of ether oxygens (including phenoxy) is 1. The van der Waals surface area contributed by atoms with E-state index in [1.807, 2.05) is 31.7 Å². The summed E-state index contributed by atoms with van der Waals surface area (Å²) < 4.78 is 5.46. The Morgan fingerprint density at radius 1 is 1.26 bits per heavy atom. The van der Waals surface area contributed by atoms with Crippen LogP contribution in [0.5, 0.6) is 0 Å². The molecule has 0 bridgehead atoms. The van der Waals surface area contributed by atoms with E-state index in [-0.39, 0.29) is 12.1 Å². The highest BCUT2D eigenvalue weighted by Gasteiger charge is 2.35. The molecule has 1 amide bonds.